The van der Waals surface area contributed by atoms with Crippen LogP contribution in [0.25, 0.3) is 0 Å². The smallest absolute Gasteiger partial charge is 0.255 e. The van der Waals surface area contributed by atoms with E-state index in [0.717, 1.165) is 4.47 Å². The number of ketones is 1. The van der Waals surface area contributed by atoms with Gasteiger partial charge in [-0.1, -0.05) is 22.0 Å². The van der Waals surface area contributed by atoms with E-state index in [1.165, 1.54) is 21.1 Å². The van der Waals surface area contributed by atoms with E-state index in [0.29, 0.717) is 28.3 Å². The van der Waals surface area contributed by atoms with Gasteiger partial charge in [0.1, 0.15) is 0 Å². The number of benzene rings is 2. The van der Waals surface area contributed by atoms with Crippen molar-refractivity contribution in [3.8, 4) is 11.5 Å². The lowest BCUT2D eigenvalue weighted by atomic mass is 10.1. The monoisotopic (exact) mass is 377 g/mol. The standard InChI is InChI=1S/C17H16BrNO4/c1-10(20)13-8-15(22-2)16(23-3)9-14(13)19-17(21)11-5-4-6-12(18)7-11/h4-9H,1-3H3,(H,19,21). The number of nitrogens with one attached hydrogen (secondary N) is 1. The first kappa shape index (κ1) is 17.0. The van der Waals surface area contributed by atoms with Gasteiger partial charge in [-0.3, -0.25) is 9.59 Å². The summed E-state index contributed by atoms with van der Waals surface area (Å²) in [5.74, 6) is 0.358. The summed E-state index contributed by atoms with van der Waals surface area (Å²) in [6.45, 7) is 1.43. The van der Waals surface area contributed by atoms with Crippen molar-refractivity contribution in [2.75, 3.05) is 19.5 Å². The van der Waals surface area contributed by atoms with Gasteiger partial charge < -0.3 is 14.8 Å². The molecule has 0 saturated carbocycles. The Bertz CT molecular complexity index is 758. The number of ether oxygens (including phenoxy) is 2. The number of hydrogen-bond donors (Lipinski definition) is 1. The quantitative estimate of drug-likeness (QED) is 0.801. The molecule has 0 saturated heterocycles. The van der Waals surface area contributed by atoms with Crippen LogP contribution in [0, 0.1) is 0 Å². The average Bonchev–Trinajstić information content (AvgIpc) is 2.54. The minimum atomic E-state index is -0.319. The Morgan fingerprint density at radius 2 is 1.70 bits per heavy atom. The summed E-state index contributed by atoms with van der Waals surface area (Å²) in [5.41, 5.74) is 1.20. The predicted octanol–water partition coefficient (Wildman–Crippen LogP) is 3.92. The van der Waals surface area contributed by atoms with E-state index in [1.54, 1.807) is 30.3 Å². The van der Waals surface area contributed by atoms with Gasteiger partial charge in [0.2, 0.25) is 0 Å². The average molecular weight is 378 g/mol. The molecule has 1 amide bonds. The molecule has 0 aliphatic heterocycles. The molecule has 120 valence electrons. The summed E-state index contributed by atoms with van der Waals surface area (Å²) in [7, 11) is 2.98. The van der Waals surface area contributed by atoms with Crippen LogP contribution in [0.15, 0.2) is 40.9 Å². The van der Waals surface area contributed by atoms with Gasteiger partial charge in [-0.15, -0.1) is 0 Å². The summed E-state index contributed by atoms with van der Waals surface area (Å²) in [6.07, 6.45) is 0. The molecule has 5 nitrogen and oxygen atoms in total. The van der Waals surface area contributed by atoms with E-state index >= 15 is 0 Å². The molecule has 0 spiro atoms. The van der Waals surface area contributed by atoms with Gasteiger partial charge in [0.25, 0.3) is 5.91 Å². The van der Waals surface area contributed by atoms with Crippen molar-refractivity contribution in [3.05, 3.63) is 52.0 Å². The highest BCUT2D eigenvalue weighted by molar-refractivity contribution is 9.10. The van der Waals surface area contributed by atoms with Crippen LogP contribution >= 0.6 is 15.9 Å². The number of amides is 1. The molecule has 23 heavy (non-hydrogen) atoms. The van der Waals surface area contributed by atoms with Crippen LogP contribution < -0.4 is 14.8 Å². The van der Waals surface area contributed by atoms with Crippen LogP contribution in [0.4, 0.5) is 5.69 Å². The Morgan fingerprint density at radius 1 is 1.04 bits per heavy atom. The Hall–Kier alpha value is -2.34. The van der Waals surface area contributed by atoms with Gasteiger partial charge in [0.05, 0.1) is 19.9 Å². The van der Waals surface area contributed by atoms with E-state index in [1.807, 2.05) is 6.07 Å². The second-order valence-electron chi connectivity index (χ2n) is 4.77. The molecule has 0 unspecified atom stereocenters. The summed E-state index contributed by atoms with van der Waals surface area (Å²) >= 11 is 3.32. The highest BCUT2D eigenvalue weighted by Gasteiger charge is 2.17. The van der Waals surface area contributed by atoms with E-state index in [4.69, 9.17) is 9.47 Å². The van der Waals surface area contributed by atoms with Gasteiger partial charge in [0.15, 0.2) is 17.3 Å². The minimum absolute atomic E-state index is 0.185. The molecule has 0 aliphatic rings. The van der Waals surface area contributed by atoms with E-state index in [9.17, 15) is 9.59 Å². The lowest BCUT2D eigenvalue weighted by Gasteiger charge is -2.14. The molecule has 2 aromatic carbocycles. The highest BCUT2D eigenvalue weighted by atomic mass is 79.9. The maximum absolute atomic E-state index is 12.4. The highest BCUT2D eigenvalue weighted by Crippen LogP contribution is 2.33. The SMILES string of the molecule is COc1cc(NC(=O)c2cccc(Br)c2)c(C(C)=O)cc1OC. The fraction of sp³-hybridized carbons (Fsp3) is 0.176. The molecule has 2 aromatic rings. The Kier molecular flexibility index (Phi) is 5.39. The first-order chi connectivity index (χ1) is 11.0. The van der Waals surface area contributed by atoms with Crippen LogP contribution in [0.5, 0.6) is 11.5 Å². The number of halogens is 1. The minimum Gasteiger partial charge on any atom is -0.493 e. The largest absolute Gasteiger partial charge is 0.493 e. The molecule has 0 fully saturated rings. The molecule has 0 radical (unpaired) electrons. The zero-order valence-electron chi connectivity index (χ0n) is 13.0. The number of hydrogen-bond acceptors (Lipinski definition) is 4. The number of anilines is 1. The molecule has 0 bridgehead atoms. The lowest BCUT2D eigenvalue weighted by molar-refractivity contribution is 0.101. The summed E-state index contributed by atoms with van der Waals surface area (Å²) < 4.78 is 11.2. The van der Waals surface area contributed by atoms with Crippen molar-refractivity contribution in [3.63, 3.8) is 0 Å². The number of Topliss-reactive ketones (excluding diaryl/α,β-unsaturated/α-hetero) is 1. The van der Waals surface area contributed by atoms with E-state index < -0.39 is 0 Å². The normalized spacial score (nSPS) is 10.1. The molecular weight excluding hydrogens is 362 g/mol. The van der Waals surface area contributed by atoms with Crippen molar-refractivity contribution >= 4 is 33.3 Å². The molecule has 0 heterocycles. The lowest BCUT2D eigenvalue weighted by Crippen LogP contribution is -2.14. The van der Waals surface area contributed by atoms with Crippen LogP contribution in [0.3, 0.4) is 0 Å². The number of carbonyl (C=O) groups excluding carboxylic acids is 2. The summed E-state index contributed by atoms with van der Waals surface area (Å²) in [6, 6.07) is 10.1. The summed E-state index contributed by atoms with van der Waals surface area (Å²) in [4.78, 5) is 24.2. The molecule has 0 aromatic heterocycles. The number of carbonyl (C=O) groups is 2. The summed E-state index contributed by atoms with van der Waals surface area (Å²) in [5, 5.41) is 2.75. The second kappa shape index (κ2) is 7.28. The van der Waals surface area contributed by atoms with Gasteiger partial charge in [-0.2, -0.15) is 0 Å². The molecule has 0 atom stereocenters. The Morgan fingerprint density at radius 3 is 2.26 bits per heavy atom. The van der Waals surface area contributed by atoms with Gasteiger partial charge in [0, 0.05) is 21.7 Å². The zero-order valence-corrected chi connectivity index (χ0v) is 14.6. The first-order valence-corrected chi connectivity index (χ1v) is 7.59. The van der Waals surface area contributed by atoms with Gasteiger partial charge in [-0.25, -0.2) is 0 Å². The Labute approximate surface area is 142 Å². The van der Waals surface area contributed by atoms with Crippen molar-refractivity contribution < 1.29 is 19.1 Å². The second-order valence-corrected chi connectivity index (χ2v) is 5.69. The molecule has 1 N–H and O–H groups in total. The van der Waals surface area contributed by atoms with Crippen LogP contribution in [-0.4, -0.2) is 25.9 Å². The molecule has 0 aliphatic carbocycles. The van der Waals surface area contributed by atoms with E-state index in [2.05, 4.69) is 21.2 Å². The zero-order chi connectivity index (χ0) is 17.0. The predicted molar refractivity (Wildman–Crippen MR) is 91.6 cm³/mol. The number of rotatable bonds is 5. The van der Waals surface area contributed by atoms with Crippen LogP contribution in [0.1, 0.15) is 27.6 Å². The van der Waals surface area contributed by atoms with Crippen molar-refractivity contribution in [2.45, 2.75) is 6.92 Å². The fourth-order valence-corrected chi connectivity index (χ4v) is 2.50. The maximum Gasteiger partial charge on any atom is 0.255 e. The topological polar surface area (TPSA) is 64.6 Å². The van der Waals surface area contributed by atoms with Gasteiger partial charge >= 0.3 is 0 Å². The van der Waals surface area contributed by atoms with E-state index in [-0.39, 0.29) is 11.7 Å². The van der Waals surface area contributed by atoms with Crippen LogP contribution in [-0.2, 0) is 0 Å². The van der Waals surface area contributed by atoms with Crippen molar-refractivity contribution in [1.29, 1.82) is 0 Å². The van der Waals surface area contributed by atoms with Crippen molar-refractivity contribution in [1.82, 2.24) is 0 Å². The number of methoxy groups -OCH3 is 2. The Balaban J connectivity index is 2.41. The molecular formula is C17H16BrNO4. The third-order valence-electron chi connectivity index (χ3n) is 3.24. The fourth-order valence-electron chi connectivity index (χ4n) is 2.10. The third-order valence-corrected chi connectivity index (χ3v) is 3.73. The first-order valence-electron chi connectivity index (χ1n) is 6.80. The van der Waals surface area contributed by atoms with Crippen molar-refractivity contribution in [2.24, 2.45) is 0 Å². The van der Waals surface area contributed by atoms with Crippen LogP contribution in [0.2, 0.25) is 0 Å². The third kappa shape index (κ3) is 3.90. The van der Waals surface area contributed by atoms with Gasteiger partial charge in [-0.05, 0) is 31.2 Å². The molecule has 6 heteroatoms. The molecule has 2 rings (SSSR count). The maximum atomic E-state index is 12.4.